The molecule has 152 valence electrons. The zero-order valence-corrected chi connectivity index (χ0v) is 15.8. The van der Waals surface area contributed by atoms with Crippen LogP contribution in [0.1, 0.15) is 29.8 Å². The number of anilines is 1. The summed E-state index contributed by atoms with van der Waals surface area (Å²) in [6.07, 6.45) is 0.425. The Morgan fingerprint density at radius 1 is 1.24 bits per heavy atom. The van der Waals surface area contributed by atoms with Gasteiger partial charge < -0.3 is 19.2 Å². The molecule has 0 saturated heterocycles. The van der Waals surface area contributed by atoms with Gasteiger partial charge in [-0.1, -0.05) is 5.16 Å². The van der Waals surface area contributed by atoms with Crippen molar-refractivity contribution in [2.75, 3.05) is 5.32 Å². The average molecular weight is 406 g/mol. The van der Waals surface area contributed by atoms with Crippen LogP contribution in [0.4, 0.5) is 23.7 Å². The van der Waals surface area contributed by atoms with Crippen molar-refractivity contribution < 1.29 is 26.9 Å². The maximum Gasteiger partial charge on any atom is 0.322 e. The lowest BCUT2D eigenvalue weighted by Gasteiger charge is -2.32. The Hall–Kier alpha value is -3.30. The number of nitrogens with zero attached hydrogens (tertiary/aromatic N) is 3. The van der Waals surface area contributed by atoms with Gasteiger partial charge in [0.2, 0.25) is 0 Å². The number of carbonyl (C=O) groups is 1. The number of rotatable bonds is 2. The number of fused-ring (bicyclic) bond motifs is 1. The van der Waals surface area contributed by atoms with Crippen molar-refractivity contribution in [3.8, 4) is 11.5 Å². The fourth-order valence-electron chi connectivity index (χ4n) is 3.40. The van der Waals surface area contributed by atoms with E-state index in [0.717, 1.165) is 12.1 Å². The Morgan fingerprint density at radius 2 is 1.93 bits per heavy atom. The van der Waals surface area contributed by atoms with E-state index >= 15 is 0 Å². The third-order valence-electron chi connectivity index (χ3n) is 4.83. The number of aryl methyl sites for hydroxylation is 2. The number of hydrogen-bond donors (Lipinski definition) is 1. The molecule has 4 rings (SSSR count). The third kappa shape index (κ3) is 3.34. The minimum atomic E-state index is -1.59. The van der Waals surface area contributed by atoms with E-state index < -0.39 is 23.5 Å². The van der Waals surface area contributed by atoms with Gasteiger partial charge >= 0.3 is 6.03 Å². The van der Waals surface area contributed by atoms with Gasteiger partial charge in [0.05, 0.1) is 12.2 Å². The lowest BCUT2D eigenvalue weighted by Crippen LogP contribution is -2.44. The number of amides is 2. The van der Waals surface area contributed by atoms with Crippen molar-refractivity contribution in [1.29, 1.82) is 0 Å². The molecule has 10 heteroatoms. The number of oxazole rings is 1. The van der Waals surface area contributed by atoms with Crippen LogP contribution in [-0.2, 0) is 13.0 Å². The van der Waals surface area contributed by atoms with Crippen LogP contribution in [0.5, 0.6) is 0 Å². The van der Waals surface area contributed by atoms with Gasteiger partial charge in [-0.25, -0.2) is 22.9 Å². The van der Waals surface area contributed by atoms with E-state index in [4.69, 9.17) is 8.94 Å². The Morgan fingerprint density at radius 3 is 2.55 bits per heavy atom. The molecule has 1 atom stereocenters. The van der Waals surface area contributed by atoms with Crippen LogP contribution in [-0.4, -0.2) is 27.1 Å². The quantitative estimate of drug-likeness (QED) is 0.640. The van der Waals surface area contributed by atoms with Crippen molar-refractivity contribution in [1.82, 2.24) is 15.0 Å². The number of nitrogens with one attached hydrogen (secondary N) is 1. The molecular formula is C19H17F3N4O3. The van der Waals surface area contributed by atoms with Crippen LogP contribution >= 0.6 is 0 Å². The predicted octanol–water partition coefficient (Wildman–Crippen LogP) is 4.34. The highest BCUT2D eigenvalue weighted by Gasteiger charge is 2.33. The molecule has 0 saturated carbocycles. The molecule has 0 unspecified atom stereocenters. The number of urea groups is 1. The first kappa shape index (κ1) is 19.0. The number of benzene rings is 1. The predicted molar refractivity (Wildman–Crippen MR) is 95.5 cm³/mol. The molecule has 1 aromatic carbocycles. The van der Waals surface area contributed by atoms with E-state index in [0.29, 0.717) is 40.8 Å². The van der Waals surface area contributed by atoms with Gasteiger partial charge in [0.25, 0.3) is 0 Å². The summed E-state index contributed by atoms with van der Waals surface area (Å²) in [5, 5.41) is 6.49. The normalized spacial score (nSPS) is 16.1. The number of hydrogen-bond acceptors (Lipinski definition) is 5. The van der Waals surface area contributed by atoms with Crippen molar-refractivity contribution in [3.63, 3.8) is 0 Å². The van der Waals surface area contributed by atoms with Crippen LogP contribution in [0, 0.1) is 31.3 Å². The molecule has 3 heterocycles. The second-order valence-corrected chi connectivity index (χ2v) is 6.94. The molecule has 1 aliphatic rings. The topological polar surface area (TPSA) is 84.4 Å². The minimum absolute atomic E-state index is 0.151. The molecule has 0 radical (unpaired) electrons. The largest absolute Gasteiger partial charge is 0.446 e. The van der Waals surface area contributed by atoms with E-state index in [2.05, 4.69) is 15.5 Å². The molecule has 0 fully saturated rings. The van der Waals surface area contributed by atoms with E-state index in [1.54, 1.807) is 13.8 Å². The second kappa shape index (κ2) is 6.94. The zero-order valence-electron chi connectivity index (χ0n) is 15.8. The highest BCUT2D eigenvalue weighted by molar-refractivity contribution is 5.89. The van der Waals surface area contributed by atoms with Crippen LogP contribution in [0.3, 0.4) is 0 Å². The first-order chi connectivity index (χ1) is 13.7. The summed E-state index contributed by atoms with van der Waals surface area (Å²) in [6, 6.07) is 0.607. The zero-order chi connectivity index (χ0) is 20.9. The summed E-state index contributed by atoms with van der Waals surface area (Å²) in [5.74, 6) is -2.90. The van der Waals surface area contributed by atoms with Crippen LogP contribution in [0.25, 0.3) is 11.5 Å². The van der Waals surface area contributed by atoms with Gasteiger partial charge in [-0.3, -0.25) is 0 Å². The van der Waals surface area contributed by atoms with Gasteiger partial charge in [-0.05, 0) is 13.8 Å². The van der Waals surface area contributed by atoms with Gasteiger partial charge in [-0.15, -0.1) is 0 Å². The van der Waals surface area contributed by atoms with Gasteiger partial charge in [0, 0.05) is 42.8 Å². The Kier molecular flexibility index (Phi) is 4.56. The molecule has 3 aromatic rings. The van der Waals surface area contributed by atoms with Crippen LogP contribution in [0.2, 0.25) is 0 Å². The average Bonchev–Trinajstić information content (AvgIpc) is 3.20. The summed E-state index contributed by atoms with van der Waals surface area (Å²) in [6.45, 7) is 5.42. The lowest BCUT2D eigenvalue weighted by molar-refractivity contribution is 0.182. The van der Waals surface area contributed by atoms with Crippen molar-refractivity contribution in [3.05, 3.63) is 52.5 Å². The maximum absolute atomic E-state index is 13.4. The molecule has 1 aliphatic heterocycles. The van der Waals surface area contributed by atoms with Crippen molar-refractivity contribution in [2.45, 2.75) is 39.8 Å². The molecular weight excluding hydrogens is 389 g/mol. The van der Waals surface area contributed by atoms with Crippen LogP contribution in [0.15, 0.2) is 21.1 Å². The molecule has 0 aliphatic carbocycles. The molecule has 2 aromatic heterocycles. The minimum Gasteiger partial charge on any atom is -0.446 e. The number of carbonyl (C=O) groups excluding carboxylic acids is 1. The number of halogens is 3. The van der Waals surface area contributed by atoms with Gasteiger partial charge in [0.1, 0.15) is 5.76 Å². The Bertz CT molecular complexity index is 1090. The Labute approximate surface area is 163 Å². The molecule has 2 amide bonds. The van der Waals surface area contributed by atoms with Crippen molar-refractivity contribution in [2.24, 2.45) is 0 Å². The fourth-order valence-corrected chi connectivity index (χ4v) is 3.40. The highest BCUT2D eigenvalue weighted by Crippen LogP contribution is 2.34. The molecule has 1 N–H and O–H groups in total. The fraction of sp³-hybridized carbons (Fsp3) is 0.316. The standard InChI is InChI=1S/C19H17F3N4O3/c1-8-4-15-12(18(29-25-15)17-9(2)28-10(3)23-17)7-26(8)19(27)24-11-5-13(20)16(22)14(21)6-11/h5-6,8H,4,7H2,1-3H3,(H,24,27)/t8-/m0/s1. The lowest BCUT2D eigenvalue weighted by atomic mass is 9.99. The summed E-state index contributed by atoms with van der Waals surface area (Å²) in [4.78, 5) is 18.5. The first-order valence-electron chi connectivity index (χ1n) is 8.88. The highest BCUT2D eigenvalue weighted by atomic mass is 19.2. The van der Waals surface area contributed by atoms with Gasteiger partial charge in [-0.2, -0.15) is 0 Å². The van der Waals surface area contributed by atoms with E-state index in [9.17, 15) is 18.0 Å². The second-order valence-electron chi connectivity index (χ2n) is 6.94. The maximum atomic E-state index is 13.4. The summed E-state index contributed by atoms with van der Waals surface area (Å²) >= 11 is 0. The van der Waals surface area contributed by atoms with Gasteiger partial charge in [0.15, 0.2) is 34.8 Å². The van der Waals surface area contributed by atoms with E-state index in [1.807, 2.05) is 6.92 Å². The summed E-state index contributed by atoms with van der Waals surface area (Å²) in [7, 11) is 0. The van der Waals surface area contributed by atoms with Crippen molar-refractivity contribution >= 4 is 11.7 Å². The summed E-state index contributed by atoms with van der Waals surface area (Å²) < 4.78 is 50.9. The van der Waals surface area contributed by atoms with E-state index in [1.165, 1.54) is 4.90 Å². The van der Waals surface area contributed by atoms with Crippen LogP contribution < -0.4 is 5.32 Å². The number of aromatic nitrogens is 2. The molecule has 29 heavy (non-hydrogen) atoms. The molecule has 0 spiro atoms. The van der Waals surface area contributed by atoms with E-state index in [-0.39, 0.29) is 18.3 Å². The summed E-state index contributed by atoms with van der Waals surface area (Å²) in [5.41, 5.74) is 1.72. The molecule has 7 nitrogen and oxygen atoms in total. The molecule has 0 bridgehead atoms. The SMILES string of the molecule is Cc1nc(-c2onc3c2CN(C(=O)Nc2cc(F)c(F)c(F)c2)[C@@H](C)C3)c(C)o1. The third-order valence-corrected chi connectivity index (χ3v) is 4.83. The Balaban J connectivity index is 1.61. The first-order valence-corrected chi connectivity index (χ1v) is 8.88. The monoisotopic (exact) mass is 406 g/mol. The smallest absolute Gasteiger partial charge is 0.322 e.